The summed E-state index contributed by atoms with van der Waals surface area (Å²) in [5.74, 6) is 0.325. The highest BCUT2D eigenvalue weighted by molar-refractivity contribution is 5.66. The second kappa shape index (κ2) is 6.83. The first kappa shape index (κ1) is 14.4. The molecule has 0 aromatic rings. The third kappa shape index (κ3) is 8.43. The van der Waals surface area contributed by atoms with Gasteiger partial charge < -0.3 is 9.84 Å². The largest absolute Gasteiger partial charge is 0.460 e. The van der Waals surface area contributed by atoms with Crippen LogP contribution in [0.25, 0.3) is 0 Å². The average Bonchev–Trinajstić information content (AvgIpc) is 2.01. The molecule has 3 heteroatoms. The number of aliphatic hydroxyl groups is 1. The molecule has 0 radical (unpaired) electrons. The van der Waals surface area contributed by atoms with Crippen molar-refractivity contribution in [1.29, 1.82) is 0 Å². The van der Waals surface area contributed by atoms with Gasteiger partial charge in [0.1, 0.15) is 5.60 Å². The lowest BCUT2D eigenvalue weighted by molar-refractivity contribution is -0.154. The molecular formula is C12H24O3. The van der Waals surface area contributed by atoms with E-state index in [-0.39, 0.29) is 18.2 Å². The van der Waals surface area contributed by atoms with Crippen molar-refractivity contribution < 1.29 is 14.6 Å². The quantitative estimate of drug-likeness (QED) is 0.665. The van der Waals surface area contributed by atoms with E-state index in [0.717, 1.165) is 25.7 Å². The molecule has 0 aliphatic heterocycles. The van der Waals surface area contributed by atoms with Crippen LogP contribution in [0.3, 0.4) is 0 Å². The van der Waals surface area contributed by atoms with Crippen LogP contribution in [-0.2, 0) is 9.53 Å². The highest BCUT2D eigenvalue weighted by Gasteiger charge is 2.20. The summed E-state index contributed by atoms with van der Waals surface area (Å²) in [6.45, 7) is 7.70. The summed E-state index contributed by atoms with van der Waals surface area (Å²) < 4.78 is 5.19. The topological polar surface area (TPSA) is 46.5 Å². The molecule has 0 rings (SSSR count). The summed E-state index contributed by atoms with van der Waals surface area (Å²) >= 11 is 0. The number of carbonyl (C=O) groups excluding carboxylic acids is 1. The molecule has 90 valence electrons. The molecule has 0 amide bonds. The minimum Gasteiger partial charge on any atom is -0.460 e. The van der Waals surface area contributed by atoms with Crippen LogP contribution in [-0.4, -0.2) is 23.3 Å². The summed E-state index contributed by atoms with van der Waals surface area (Å²) in [6.07, 6.45) is 3.84. The van der Waals surface area contributed by atoms with Gasteiger partial charge in [0.2, 0.25) is 0 Å². The minimum atomic E-state index is -0.356. The molecule has 0 aromatic carbocycles. The molecule has 0 aromatic heterocycles. The number of hydrogen-bond acceptors (Lipinski definition) is 3. The van der Waals surface area contributed by atoms with E-state index < -0.39 is 0 Å². The third-order valence-electron chi connectivity index (χ3n) is 2.52. The first-order chi connectivity index (χ1) is 6.87. The zero-order valence-corrected chi connectivity index (χ0v) is 10.4. The van der Waals surface area contributed by atoms with Gasteiger partial charge in [0.15, 0.2) is 0 Å². The number of rotatable bonds is 7. The first-order valence-electron chi connectivity index (χ1n) is 5.68. The zero-order valence-electron chi connectivity index (χ0n) is 10.4. The van der Waals surface area contributed by atoms with Crippen LogP contribution in [0.2, 0.25) is 0 Å². The van der Waals surface area contributed by atoms with Crippen LogP contribution in [0.4, 0.5) is 0 Å². The van der Waals surface area contributed by atoms with Crippen molar-refractivity contribution in [2.24, 2.45) is 5.92 Å². The fourth-order valence-corrected chi connectivity index (χ4v) is 1.68. The van der Waals surface area contributed by atoms with E-state index in [4.69, 9.17) is 9.84 Å². The molecule has 15 heavy (non-hydrogen) atoms. The Morgan fingerprint density at radius 2 is 2.00 bits per heavy atom. The fourth-order valence-electron chi connectivity index (χ4n) is 1.68. The second-order valence-electron chi connectivity index (χ2n) is 4.86. The summed E-state index contributed by atoms with van der Waals surface area (Å²) in [5.41, 5.74) is -0.356. The van der Waals surface area contributed by atoms with Gasteiger partial charge in [-0.3, -0.25) is 4.79 Å². The molecule has 0 saturated carbocycles. The van der Waals surface area contributed by atoms with Crippen molar-refractivity contribution in [1.82, 2.24) is 0 Å². The summed E-state index contributed by atoms with van der Waals surface area (Å²) in [6, 6.07) is 0. The van der Waals surface area contributed by atoms with Crippen LogP contribution in [0.5, 0.6) is 0 Å². The molecule has 0 bridgehead atoms. The van der Waals surface area contributed by atoms with Gasteiger partial charge in [0.25, 0.3) is 0 Å². The van der Waals surface area contributed by atoms with Crippen molar-refractivity contribution in [3.63, 3.8) is 0 Å². The fraction of sp³-hybridized carbons (Fsp3) is 0.917. The first-order valence-corrected chi connectivity index (χ1v) is 5.68. The van der Waals surface area contributed by atoms with E-state index in [0.29, 0.717) is 5.92 Å². The molecule has 1 atom stereocenters. The van der Waals surface area contributed by atoms with Gasteiger partial charge in [-0.25, -0.2) is 0 Å². The maximum Gasteiger partial charge on any atom is 0.303 e. The lowest BCUT2D eigenvalue weighted by atomic mass is 9.95. The van der Waals surface area contributed by atoms with Crippen LogP contribution in [0.1, 0.15) is 53.4 Å². The Kier molecular flexibility index (Phi) is 6.57. The minimum absolute atomic E-state index is 0.219. The molecule has 0 aliphatic carbocycles. The van der Waals surface area contributed by atoms with Crippen molar-refractivity contribution in [2.45, 2.75) is 59.0 Å². The standard InChI is InChI=1S/C12H24O3/c1-10(7-9-13)6-5-8-12(3,4)15-11(2)14/h10,13H,5-9H2,1-4H3. The lowest BCUT2D eigenvalue weighted by Gasteiger charge is -2.24. The van der Waals surface area contributed by atoms with Gasteiger partial charge in [-0.05, 0) is 39.0 Å². The summed E-state index contributed by atoms with van der Waals surface area (Å²) in [7, 11) is 0. The number of carbonyl (C=O) groups is 1. The van der Waals surface area contributed by atoms with E-state index in [1.54, 1.807) is 0 Å². The predicted molar refractivity (Wildman–Crippen MR) is 60.6 cm³/mol. The number of hydrogen-bond donors (Lipinski definition) is 1. The monoisotopic (exact) mass is 216 g/mol. The third-order valence-corrected chi connectivity index (χ3v) is 2.52. The summed E-state index contributed by atoms with van der Waals surface area (Å²) in [5, 5.41) is 8.75. The Balaban J connectivity index is 3.69. The van der Waals surface area contributed by atoms with Crippen molar-refractivity contribution in [3.05, 3.63) is 0 Å². The average molecular weight is 216 g/mol. The Morgan fingerprint density at radius 3 is 2.47 bits per heavy atom. The van der Waals surface area contributed by atoms with E-state index in [1.165, 1.54) is 6.92 Å². The zero-order chi connectivity index (χ0) is 11.9. The summed E-state index contributed by atoms with van der Waals surface area (Å²) in [4.78, 5) is 10.8. The Hall–Kier alpha value is -0.570. The molecule has 0 spiro atoms. The molecule has 0 saturated heterocycles. The van der Waals surface area contributed by atoms with Gasteiger partial charge in [-0.2, -0.15) is 0 Å². The van der Waals surface area contributed by atoms with Crippen LogP contribution < -0.4 is 0 Å². The molecular weight excluding hydrogens is 192 g/mol. The van der Waals surface area contributed by atoms with Crippen LogP contribution in [0.15, 0.2) is 0 Å². The molecule has 0 heterocycles. The Bertz CT molecular complexity index is 187. The van der Waals surface area contributed by atoms with Gasteiger partial charge in [0.05, 0.1) is 0 Å². The highest BCUT2D eigenvalue weighted by Crippen LogP contribution is 2.21. The van der Waals surface area contributed by atoms with Crippen molar-refractivity contribution in [2.75, 3.05) is 6.61 Å². The van der Waals surface area contributed by atoms with Crippen LogP contribution >= 0.6 is 0 Å². The number of esters is 1. The Morgan fingerprint density at radius 1 is 1.40 bits per heavy atom. The van der Waals surface area contributed by atoms with Crippen molar-refractivity contribution in [3.8, 4) is 0 Å². The normalized spacial score (nSPS) is 13.7. The smallest absolute Gasteiger partial charge is 0.303 e. The van der Waals surface area contributed by atoms with Gasteiger partial charge in [0, 0.05) is 13.5 Å². The van der Waals surface area contributed by atoms with E-state index in [2.05, 4.69) is 6.92 Å². The van der Waals surface area contributed by atoms with E-state index >= 15 is 0 Å². The molecule has 3 nitrogen and oxygen atoms in total. The molecule has 1 unspecified atom stereocenters. The second-order valence-corrected chi connectivity index (χ2v) is 4.86. The molecule has 0 fully saturated rings. The molecule has 0 aliphatic rings. The van der Waals surface area contributed by atoms with Crippen LogP contribution in [0, 0.1) is 5.92 Å². The Labute approximate surface area is 92.8 Å². The van der Waals surface area contributed by atoms with E-state index in [9.17, 15) is 4.79 Å². The van der Waals surface area contributed by atoms with Gasteiger partial charge in [-0.15, -0.1) is 0 Å². The lowest BCUT2D eigenvalue weighted by Crippen LogP contribution is -2.26. The predicted octanol–water partition coefficient (Wildman–Crippen LogP) is 2.52. The maximum absolute atomic E-state index is 10.8. The highest BCUT2D eigenvalue weighted by atomic mass is 16.6. The van der Waals surface area contributed by atoms with Crippen molar-refractivity contribution >= 4 is 5.97 Å². The van der Waals surface area contributed by atoms with E-state index in [1.807, 2.05) is 13.8 Å². The maximum atomic E-state index is 10.8. The number of ether oxygens (including phenoxy) is 1. The SMILES string of the molecule is CC(=O)OC(C)(C)CCCC(C)CCO. The molecule has 1 N–H and O–H groups in total. The van der Waals surface area contributed by atoms with Gasteiger partial charge >= 0.3 is 5.97 Å². The number of aliphatic hydroxyl groups excluding tert-OH is 1. The van der Waals surface area contributed by atoms with Gasteiger partial charge in [-0.1, -0.05) is 13.3 Å².